The number of carbonyl (C=O) groups excluding carboxylic acids is 1. The van der Waals surface area contributed by atoms with Gasteiger partial charge in [-0.1, -0.05) is 12.1 Å². The number of fused-ring (bicyclic) bond motifs is 1. The molecule has 0 bridgehead atoms. The first-order chi connectivity index (χ1) is 11.1. The van der Waals surface area contributed by atoms with E-state index in [1.807, 2.05) is 42.4 Å². The van der Waals surface area contributed by atoms with Gasteiger partial charge in [-0.2, -0.15) is 0 Å². The van der Waals surface area contributed by atoms with E-state index in [9.17, 15) is 4.79 Å². The molecular weight excluding hydrogens is 290 g/mol. The van der Waals surface area contributed by atoms with Crippen LogP contribution in [0.3, 0.4) is 0 Å². The Bertz CT molecular complexity index is 694. The van der Waals surface area contributed by atoms with Crippen molar-refractivity contribution in [2.24, 2.45) is 0 Å². The van der Waals surface area contributed by atoms with Gasteiger partial charge in [-0.3, -0.25) is 4.98 Å². The highest BCUT2D eigenvalue weighted by atomic mass is 16.2. The molecule has 0 saturated carbocycles. The minimum atomic E-state index is 0.0638. The molecule has 1 aliphatic heterocycles. The monoisotopic (exact) mass is 313 g/mol. The second-order valence-corrected chi connectivity index (χ2v) is 6.22. The van der Waals surface area contributed by atoms with Crippen LogP contribution in [0.2, 0.25) is 0 Å². The van der Waals surface area contributed by atoms with Crippen molar-refractivity contribution in [3.05, 3.63) is 30.5 Å². The fourth-order valence-corrected chi connectivity index (χ4v) is 3.05. The highest BCUT2D eigenvalue weighted by Gasteiger charge is 2.26. The van der Waals surface area contributed by atoms with Gasteiger partial charge in [0, 0.05) is 40.3 Å². The predicted octanol–water partition coefficient (Wildman–Crippen LogP) is 2.21. The molecule has 0 atom stereocenters. The Hall–Kier alpha value is -2.37. The average molecular weight is 313 g/mol. The van der Waals surface area contributed by atoms with Crippen molar-refractivity contribution < 1.29 is 4.79 Å². The van der Waals surface area contributed by atoms with E-state index in [4.69, 9.17) is 4.98 Å². The van der Waals surface area contributed by atoms with E-state index < -0.39 is 0 Å². The third-order valence-electron chi connectivity index (χ3n) is 4.46. The van der Waals surface area contributed by atoms with Gasteiger partial charge in [-0.25, -0.2) is 9.78 Å². The van der Waals surface area contributed by atoms with Crippen LogP contribution in [0.25, 0.3) is 11.0 Å². The molecule has 2 heterocycles. The van der Waals surface area contributed by atoms with E-state index in [2.05, 4.69) is 9.88 Å². The number of amides is 2. The quantitative estimate of drug-likeness (QED) is 0.853. The minimum absolute atomic E-state index is 0.0638. The van der Waals surface area contributed by atoms with E-state index in [-0.39, 0.29) is 12.1 Å². The first kappa shape index (κ1) is 15.5. The van der Waals surface area contributed by atoms with Crippen molar-refractivity contribution in [3.63, 3.8) is 0 Å². The standard InChI is InChI=1S/C17H23N5O/c1-20(2)17(23)21(3)13-8-10-22(11-9-13)16-12-18-14-6-4-5-7-15(14)19-16/h4-7,12-13H,8-11H2,1-3H3. The summed E-state index contributed by atoms with van der Waals surface area (Å²) in [7, 11) is 5.47. The summed E-state index contributed by atoms with van der Waals surface area (Å²) < 4.78 is 0. The maximum atomic E-state index is 12.1. The van der Waals surface area contributed by atoms with Crippen molar-refractivity contribution in [2.45, 2.75) is 18.9 Å². The molecule has 122 valence electrons. The summed E-state index contributed by atoms with van der Waals surface area (Å²) in [4.78, 5) is 27.0. The molecule has 0 N–H and O–H groups in total. The van der Waals surface area contributed by atoms with Crippen molar-refractivity contribution in [1.29, 1.82) is 0 Å². The lowest BCUT2D eigenvalue weighted by Gasteiger charge is -2.38. The second kappa shape index (κ2) is 6.40. The van der Waals surface area contributed by atoms with Crippen LogP contribution < -0.4 is 4.90 Å². The van der Waals surface area contributed by atoms with Crippen molar-refractivity contribution in [1.82, 2.24) is 19.8 Å². The molecule has 2 amide bonds. The van der Waals surface area contributed by atoms with E-state index in [1.165, 1.54) is 0 Å². The fraction of sp³-hybridized carbons (Fsp3) is 0.471. The van der Waals surface area contributed by atoms with Crippen molar-refractivity contribution >= 4 is 22.9 Å². The number of aromatic nitrogens is 2. The van der Waals surface area contributed by atoms with Crippen LogP contribution in [0, 0.1) is 0 Å². The molecule has 1 saturated heterocycles. The molecule has 0 spiro atoms. The van der Waals surface area contributed by atoms with Gasteiger partial charge < -0.3 is 14.7 Å². The largest absolute Gasteiger partial charge is 0.355 e. The lowest BCUT2D eigenvalue weighted by molar-refractivity contribution is 0.155. The first-order valence-electron chi connectivity index (χ1n) is 7.97. The van der Waals surface area contributed by atoms with Crippen molar-refractivity contribution in [2.75, 3.05) is 39.1 Å². The maximum absolute atomic E-state index is 12.1. The van der Waals surface area contributed by atoms with Crippen LogP contribution in [0.5, 0.6) is 0 Å². The molecule has 3 rings (SSSR count). The zero-order valence-corrected chi connectivity index (χ0v) is 13.9. The SMILES string of the molecule is CN(C)C(=O)N(C)C1CCN(c2cnc3ccccc3n2)CC1. The summed E-state index contributed by atoms with van der Waals surface area (Å²) in [5.41, 5.74) is 1.84. The van der Waals surface area contributed by atoms with Gasteiger partial charge in [0.25, 0.3) is 0 Å². The van der Waals surface area contributed by atoms with Gasteiger partial charge in [0.05, 0.1) is 17.2 Å². The number of piperidine rings is 1. The van der Waals surface area contributed by atoms with Gasteiger partial charge >= 0.3 is 6.03 Å². The molecule has 0 aliphatic carbocycles. The molecule has 1 aromatic carbocycles. The third-order valence-corrected chi connectivity index (χ3v) is 4.46. The fourth-order valence-electron chi connectivity index (χ4n) is 3.05. The molecule has 1 aliphatic rings. The summed E-state index contributed by atoms with van der Waals surface area (Å²) in [5, 5.41) is 0. The van der Waals surface area contributed by atoms with Gasteiger partial charge in [0.1, 0.15) is 5.82 Å². The summed E-state index contributed by atoms with van der Waals surface area (Å²) in [5.74, 6) is 0.920. The van der Waals surface area contributed by atoms with E-state index in [1.54, 1.807) is 19.0 Å². The Morgan fingerprint density at radius 2 is 1.78 bits per heavy atom. The molecule has 0 radical (unpaired) electrons. The number of benzene rings is 1. The van der Waals surface area contributed by atoms with Gasteiger partial charge in [0.2, 0.25) is 0 Å². The Morgan fingerprint density at radius 3 is 2.43 bits per heavy atom. The van der Waals surface area contributed by atoms with Gasteiger partial charge in [0.15, 0.2) is 0 Å². The van der Waals surface area contributed by atoms with Crippen LogP contribution in [0.4, 0.5) is 10.6 Å². The van der Waals surface area contributed by atoms with E-state index in [0.29, 0.717) is 0 Å². The zero-order valence-electron chi connectivity index (χ0n) is 13.9. The smallest absolute Gasteiger partial charge is 0.319 e. The summed E-state index contributed by atoms with van der Waals surface area (Å²) in [6.07, 6.45) is 3.74. The first-order valence-corrected chi connectivity index (χ1v) is 7.97. The van der Waals surface area contributed by atoms with Crippen LogP contribution >= 0.6 is 0 Å². The number of nitrogens with zero attached hydrogens (tertiary/aromatic N) is 5. The topological polar surface area (TPSA) is 52.6 Å². The Morgan fingerprint density at radius 1 is 1.13 bits per heavy atom. The minimum Gasteiger partial charge on any atom is -0.355 e. The number of anilines is 1. The Balaban J connectivity index is 1.67. The lowest BCUT2D eigenvalue weighted by Crippen LogP contribution is -2.48. The molecule has 1 aromatic heterocycles. The van der Waals surface area contributed by atoms with E-state index >= 15 is 0 Å². The van der Waals surface area contributed by atoms with Crippen LogP contribution in [-0.2, 0) is 0 Å². The van der Waals surface area contributed by atoms with E-state index in [0.717, 1.165) is 42.8 Å². The molecule has 1 fully saturated rings. The molecule has 2 aromatic rings. The number of rotatable bonds is 2. The van der Waals surface area contributed by atoms with Crippen LogP contribution in [-0.4, -0.2) is 66.1 Å². The third kappa shape index (κ3) is 3.21. The molecule has 6 heteroatoms. The van der Waals surface area contributed by atoms with Gasteiger partial charge in [-0.15, -0.1) is 0 Å². The zero-order chi connectivity index (χ0) is 16.4. The number of hydrogen-bond donors (Lipinski definition) is 0. The second-order valence-electron chi connectivity index (χ2n) is 6.22. The summed E-state index contributed by atoms with van der Waals surface area (Å²) >= 11 is 0. The number of carbonyl (C=O) groups is 1. The Labute approximate surface area is 136 Å². The number of urea groups is 1. The summed E-state index contributed by atoms with van der Waals surface area (Å²) in [6.45, 7) is 1.78. The summed E-state index contributed by atoms with van der Waals surface area (Å²) in [6, 6.07) is 8.26. The predicted molar refractivity (Wildman–Crippen MR) is 91.6 cm³/mol. The highest BCUT2D eigenvalue weighted by molar-refractivity contribution is 5.75. The molecule has 23 heavy (non-hydrogen) atoms. The van der Waals surface area contributed by atoms with Crippen LogP contribution in [0.1, 0.15) is 12.8 Å². The average Bonchev–Trinajstić information content (AvgIpc) is 2.60. The normalized spacial score (nSPS) is 15.7. The van der Waals surface area contributed by atoms with Crippen LogP contribution in [0.15, 0.2) is 30.5 Å². The molecule has 6 nitrogen and oxygen atoms in total. The molecule has 0 unspecified atom stereocenters. The molecular formula is C17H23N5O. The van der Waals surface area contributed by atoms with Gasteiger partial charge in [-0.05, 0) is 25.0 Å². The number of para-hydroxylation sites is 2. The highest BCUT2D eigenvalue weighted by Crippen LogP contribution is 2.22. The lowest BCUT2D eigenvalue weighted by atomic mass is 10.0. The maximum Gasteiger partial charge on any atom is 0.319 e. The number of hydrogen-bond acceptors (Lipinski definition) is 4. The Kier molecular flexibility index (Phi) is 4.32. The van der Waals surface area contributed by atoms with Crippen molar-refractivity contribution in [3.8, 4) is 0 Å².